The molecule has 1 aromatic carbocycles. The van der Waals surface area contributed by atoms with Gasteiger partial charge in [0.2, 0.25) is 5.72 Å². The molecule has 0 amide bonds. The number of alkyl halides is 3. The highest BCUT2D eigenvalue weighted by Gasteiger charge is 2.63. The van der Waals surface area contributed by atoms with E-state index in [0.29, 0.717) is 5.02 Å². The first kappa shape index (κ1) is 17.2. The Morgan fingerprint density at radius 2 is 2.09 bits per heavy atom. The van der Waals surface area contributed by atoms with Crippen molar-refractivity contribution in [1.29, 1.82) is 0 Å². The summed E-state index contributed by atoms with van der Waals surface area (Å²) in [4.78, 5) is 11.8. The van der Waals surface area contributed by atoms with Gasteiger partial charge in [0.15, 0.2) is 0 Å². The molecule has 5 nitrogen and oxygen atoms in total. The van der Waals surface area contributed by atoms with Gasteiger partial charge < -0.3 is 19.5 Å². The van der Waals surface area contributed by atoms with Gasteiger partial charge in [-0.3, -0.25) is 4.79 Å². The monoisotopic (exact) mass is 355 g/mol. The lowest BCUT2D eigenvalue weighted by Gasteiger charge is -2.44. The van der Waals surface area contributed by atoms with E-state index in [0.717, 1.165) is 7.11 Å². The summed E-state index contributed by atoms with van der Waals surface area (Å²) in [6.07, 6.45) is 0. The lowest BCUT2D eigenvalue weighted by atomic mass is 9.94. The number of hydrogen-bond donors (Lipinski definition) is 1. The molecular weight excluding hydrogens is 343 g/mol. The molecule has 22 heavy (non-hydrogen) atoms. The Balaban J connectivity index is 2.41. The molecule has 1 N–H and O–H groups in total. The van der Waals surface area contributed by atoms with Crippen LogP contribution in [0, 0.1) is 5.92 Å². The third kappa shape index (κ3) is 3.27. The zero-order chi connectivity index (χ0) is 16.4. The Labute approximate surface area is 135 Å². The van der Waals surface area contributed by atoms with Gasteiger partial charge in [0.1, 0.15) is 12.7 Å². The molecule has 0 radical (unpaired) electrons. The second-order valence-electron chi connectivity index (χ2n) is 4.57. The first-order chi connectivity index (χ1) is 10.3. The van der Waals surface area contributed by atoms with Gasteiger partial charge in [0.25, 0.3) is 0 Å². The maximum absolute atomic E-state index is 14.1. The number of esters is 1. The molecule has 2 atom stereocenters. The van der Waals surface area contributed by atoms with Crippen molar-refractivity contribution >= 4 is 34.9 Å². The SMILES string of the molecule is COC(=O)[C@H]1COCO[C@]1(Nc1ccc(Cl)cc1)C(F)(F)Cl. The van der Waals surface area contributed by atoms with Crippen LogP contribution in [0.3, 0.4) is 0 Å². The van der Waals surface area contributed by atoms with Crippen LogP contribution in [0.2, 0.25) is 5.02 Å². The second kappa shape index (κ2) is 6.54. The molecule has 0 unspecified atom stereocenters. The molecule has 0 aromatic heterocycles. The smallest absolute Gasteiger partial charge is 0.369 e. The van der Waals surface area contributed by atoms with E-state index in [9.17, 15) is 13.6 Å². The van der Waals surface area contributed by atoms with Crippen LogP contribution in [0.25, 0.3) is 0 Å². The number of methoxy groups -OCH3 is 1. The highest BCUT2D eigenvalue weighted by molar-refractivity contribution is 6.30. The number of rotatable bonds is 4. The molecule has 1 aliphatic rings. The standard InChI is InChI=1S/C13H13Cl2F2NO4/c1-20-11(19)10-6-21-7-22-12(10,13(15,16)17)18-9-4-2-8(14)3-5-9/h2-5,10,18H,6-7H2,1H3/t10-,12+/m1/s1. The van der Waals surface area contributed by atoms with Gasteiger partial charge in [-0.15, -0.1) is 0 Å². The van der Waals surface area contributed by atoms with Crippen molar-refractivity contribution in [3.8, 4) is 0 Å². The van der Waals surface area contributed by atoms with Crippen molar-refractivity contribution in [2.75, 3.05) is 25.8 Å². The largest absolute Gasteiger partial charge is 0.469 e. The Hall–Kier alpha value is -1.15. The van der Waals surface area contributed by atoms with Crippen LogP contribution >= 0.6 is 23.2 Å². The van der Waals surface area contributed by atoms with Crippen molar-refractivity contribution < 1.29 is 27.8 Å². The minimum Gasteiger partial charge on any atom is -0.469 e. The molecule has 2 rings (SSSR count). The second-order valence-corrected chi connectivity index (χ2v) is 5.49. The van der Waals surface area contributed by atoms with Crippen LogP contribution in [0.5, 0.6) is 0 Å². The molecule has 1 saturated heterocycles. The van der Waals surface area contributed by atoms with Crippen molar-refractivity contribution in [3.63, 3.8) is 0 Å². The summed E-state index contributed by atoms with van der Waals surface area (Å²) in [5.41, 5.74) is -2.26. The van der Waals surface area contributed by atoms with E-state index >= 15 is 0 Å². The minimum absolute atomic E-state index is 0.250. The molecule has 0 spiro atoms. The van der Waals surface area contributed by atoms with Gasteiger partial charge in [-0.1, -0.05) is 11.6 Å². The Bertz CT molecular complexity index is 538. The fourth-order valence-electron chi connectivity index (χ4n) is 2.12. The Morgan fingerprint density at radius 3 is 2.64 bits per heavy atom. The summed E-state index contributed by atoms with van der Waals surface area (Å²) in [5, 5.41) is -0.999. The quantitative estimate of drug-likeness (QED) is 0.664. The van der Waals surface area contributed by atoms with Crippen LogP contribution in [-0.2, 0) is 19.0 Å². The molecule has 122 valence electrons. The summed E-state index contributed by atoms with van der Waals surface area (Å²) < 4.78 is 42.7. The summed E-state index contributed by atoms with van der Waals surface area (Å²) in [6, 6.07) is 5.91. The number of carbonyl (C=O) groups excluding carboxylic acids is 1. The summed E-state index contributed by atoms with van der Waals surface area (Å²) in [6.45, 7) is -0.772. The average Bonchev–Trinajstić information content (AvgIpc) is 2.48. The maximum atomic E-state index is 14.1. The van der Waals surface area contributed by atoms with E-state index in [1.165, 1.54) is 24.3 Å². The van der Waals surface area contributed by atoms with E-state index in [2.05, 4.69) is 10.1 Å². The van der Waals surface area contributed by atoms with E-state index in [1.807, 2.05) is 0 Å². The van der Waals surface area contributed by atoms with Crippen molar-refractivity contribution in [3.05, 3.63) is 29.3 Å². The fraction of sp³-hybridized carbons (Fsp3) is 0.462. The maximum Gasteiger partial charge on any atom is 0.369 e. The van der Waals surface area contributed by atoms with E-state index in [4.69, 9.17) is 32.7 Å². The van der Waals surface area contributed by atoms with Gasteiger partial charge in [0.05, 0.1) is 13.7 Å². The number of ether oxygens (including phenoxy) is 3. The number of anilines is 1. The lowest BCUT2D eigenvalue weighted by Crippen LogP contribution is -2.64. The van der Waals surface area contributed by atoms with Crippen LogP contribution in [0.15, 0.2) is 24.3 Å². The van der Waals surface area contributed by atoms with Gasteiger partial charge in [0, 0.05) is 10.7 Å². The number of hydrogen-bond acceptors (Lipinski definition) is 5. The molecular formula is C13H13Cl2F2NO4. The van der Waals surface area contributed by atoms with Crippen LogP contribution < -0.4 is 5.32 Å². The van der Waals surface area contributed by atoms with Crippen LogP contribution in [0.4, 0.5) is 14.5 Å². The van der Waals surface area contributed by atoms with Crippen molar-refractivity contribution in [2.45, 2.75) is 11.1 Å². The highest BCUT2D eigenvalue weighted by Crippen LogP contribution is 2.44. The number of halogens is 4. The zero-order valence-electron chi connectivity index (χ0n) is 11.4. The predicted octanol–water partition coefficient (Wildman–Crippen LogP) is 3.07. The lowest BCUT2D eigenvalue weighted by molar-refractivity contribution is -0.268. The fourth-order valence-corrected chi connectivity index (χ4v) is 2.48. The molecule has 1 aliphatic heterocycles. The first-order valence-electron chi connectivity index (χ1n) is 6.20. The molecule has 0 bridgehead atoms. The first-order valence-corrected chi connectivity index (χ1v) is 6.96. The number of carbonyl (C=O) groups is 1. The van der Waals surface area contributed by atoms with Gasteiger partial charge in [-0.25, -0.2) is 0 Å². The van der Waals surface area contributed by atoms with Gasteiger partial charge >= 0.3 is 11.4 Å². The normalized spacial score (nSPS) is 25.6. The summed E-state index contributed by atoms with van der Waals surface area (Å²) >= 11 is 11.0. The van der Waals surface area contributed by atoms with Gasteiger partial charge in [-0.05, 0) is 35.9 Å². The van der Waals surface area contributed by atoms with E-state index in [1.54, 1.807) is 0 Å². The molecule has 1 fully saturated rings. The van der Waals surface area contributed by atoms with E-state index < -0.39 is 29.8 Å². The topological polar surface area (TPSA) is 56.8 Å². The third-order valence-corrected chi connectivity index (χ3v) is 3.76. The summed E-state index contributed by atoms with van der Waals surface area (Å²) in [7, 11) is 1.08. The molecule has 0 saturated carbocycles. The molecule has 1 aromatic rings. The molecule has 9 heteroatoms. The molecule has 0 aliphatic carbocycles. The van der Waals surface area contributed by atoms with Crippen molar-refractivity contribution in [2.24, 2.45) is 5.92 Å². The average molecular weight is 356 g/mol. The van der Waals surface area contributed by atoms with Crippen LogP contribution in [0.1, 0.15) is 0 Å². The Kier molecular flexibility index (Phi) is 5.11. The minimum atomic E-state index is -3.91. The van der Waals surface area contributed by atoms with E-state index in [-0.39, 0.29) is 12.3 Å². The predicted molar refractivity (Wildman–Crippen MR) is 76.0 cm³/mol. The highest BCUT2D eigenvalue weighted by atomic mass is 35.5. The van der Waals surface area contributed by atoms with Crippen LogP contribution in [-0.4, -0.2) is 37.6 Å². The third-order valence-electron chi connectivity index (χ3n) is 3.23. The zero-order valence-corrected chi connectivity index (χ0v) is 13.0. The number of nitrogens with one attached hydrogen (secondary N) is 1. The summed E-state index contributed by atoms with van der Waals surface area (Å²) in [5.74, 6) is -2.39. The molecule has 1 heterocycles. The van der Waals surface area contributed by atoms with Gasteiger partial charge in [-0.2, -0.15) is 8.78 Å². The Morgan fingerprint density at radius 1 is 1.45 bits per heavy atom. The van der Waals surface area contributed by atoms with Crippen molar-refractivity contribution in [1.82, 2.24) is 0 Å². The number of benzene rings is 1.